The predicted molar refractivity (Wildman–Crippen MR) is 408 cm³/mol. The summed E-state index contributed by atoms with van der Waals surface area (Å²) in [4.78, 5) is 0. The van der Waals surface area contributed by atoms with Gasteiger partial charge in [-0.25, -0.2) is 0 Å². The van der Waals surface area contributed by atoms with Gasteiger partial charge in [0.15, 0.2) is 0 Å². The van der Waals surface area contributed by atoms with E-state index in [2.05, 4.69) is 388 Å². The largest absolute Gasteiger partial charge is 0.0726 e. The van der Waals surface area contributed by atoms with E-state index in [4.69, 9.17) is 0 Å². The van der Waals surface area contributed by atoms with E-state index in [1.54, 1.807) is 0 Å². The van der Waals surface area contributed by atoms with E-state index in [-0.39, 0.29) is 0 Å². The van der Waals surface area contributed by atoms with Crippen LogP contribution in [0, 0.1) is 0 Å². The number of hydrogen-bond acceptors (Lipinski definition) is 0. The normalized spacial score (nSPS) is 12.2. The fourth-order valence-corrected chi connectivity index (χ4v) is 16.1. The molecule has 97 heavy (non-hydrogen) atoms. The Balaban J connectivity index is 0.921. The fraction of sp³-hybridized carbons (Fsp3) is 0.0103. The third kappa shape index (κ3) is 9.67. The van der Waals surface area contributed by atoms with Crippen LogP contribution >= 0.6 is 0 Å². The SMILES string of the molecule is c1ccc(-c2ccccc2-c2ccccc2-c2ccc3c(c2)C2(c4cc(-c5ccccc5-c5ccccc5-c5ccccc5)ccc4-3)c3cc(-c4ccccc4-c4ccccc4-c4ccccc4)ccc3-c3ccc(-c4ccccc4-c4ccccc4-c4ccccc4)cc32)cc1. The summed E-state index contributed by atoms with van der Waals surface area (Å²) in [6.45, 7) is 0. The first-order chi connectivity index (χ1) is 48.2. The highest BCUT2D eigenvalue weighted by atomic mass is 14.5. The lowest BCUT2D eigenvalue weighted by Crippen LogP contribution is -2.26. The second kappa shape index (κ2) is 24.1. The minimum Gasteiger partial charge on any atom is -0.0622 e. The van der Waals surface area contributed by atoms with Gasteiger partial charge >= 0.3 is 0 Å². The van der Waals surface area contributed by atoms with Crippen molar-refractivity contribution in [2.24, 2.45) is 0 Å². The van der Waals surface area contributed by atoms with Crippen molar-refractivity contribution < 1.29 is 0 Å². The van der Waals surface area contributed by atoms with E-state index in [1.807, 2.05) is 0 Å². The van der Waals surface area contributed by atoms with Gasteiger partial charge < -0.3 is 0 Å². The minimum absolute atomic E-state index is 0.824. The monoisotopic (exact) mass is 1230 g/mol. The van der Waals surface area contributed by atoms with Gasteiger partial charge in [-0.1, -0.05) is 364 Å². The third-order valence-electron chi connectivity index (χ3n) is 20.4. The molecule has 0 unspecified atom stereocenters. The van der Waals surface area contributed by atoms with Crippen LogP contribution in [-0.2, 0) is 5.41 Å². The van der Waals surface area contributed by atoms with Crippen LogP contribution in [0.25, 0.3) is 156 Å². The Hall–Kier alpha value is -12.5. The number of rotatable bonds is 12. The van der Waals surface area contributed by atoms with Gasteiger partial charge in [-0.15, -0.1) is 0 Å². The summed E-state index contributed by atoms with van der Waals surface area (Å²) in [5.74, 6) is 0. The molecular formula is C97H64. The van der Waals surface area contributed by atoms with Crippen LogP contribution in [0.2, 0.25) is 0 Å². The van der Waals surface area contributed by atoms with Crippen molar-refractivity contribution in [3.05, 3.63) is 411 Å². The molecule has 0 saturated heterocycles. The first-order valence-corrected chi connectivity index (χ1v) is 33.7. The molecule has 452 valence electrons. The van der Waals surface area contributed by atoms with Gasteiger partial charge in [-0.05, 0) is 202 Å². The number of benzene rings is 16. The molecule has 0 saturated carbocycles. The molecule has 16 aromatic rings. The van der Waals surface area contributed by atoms with Crippen LogP contribution in [0.15, 0.2) is 388 Å². The van der Waals surface area contributed by atoms with Gasteiger partial charge in [0.05, 0.1) is 5.41 Å². The second-order valence-electron chi connectivity index (χ2n) is 25.6. The molecule has 1 spiro atoms. The molecule has 0 aromatic heterocycles. The zero-order chi connectivity index (χ0) is 64.2. The number of hydrogen-bond donors (Lipinski definition) is 0. The molecular weight excluding hydrogens is 1170 g/mol. The summed E-state index contributed by atoms with van der Waals surface area (Å²) in [5.41, 5.74) is 37.8. The zero-order valence-electron chi connectivity index (χ0n) is 53.5. The molecule has 0 radical (unpaired) electrons. The van der Waals surface area contributed by atoms with Gasteiger partial charge in [0, 0.05) is 0 Å². The van der Waals surface area contributed by atoms with Crippen LogP contribution in [0.4, 0.5) is 0 Å². The molecule has 0 N–H and O–H groups in total. The van der Waals surface area contributed by atoms with E-state index < -0.39 is 5.41 Å². The quantitative estimate of drug-likeness (QED) is 0.114. The third-order valence-corrected chi connectivity index (χ3v) is 20.4. The summed E-state index contributed by atoms with van der Waals surface area (Å²) in [6, 6.07) is 145. The molecule has 0 atom stereocenters. The van der Waals surface area contributed by atoms with E-state index in [1.165, 1.54) is 178 Å². The first-order valence-electron chi connectivity index (χ1n) is 33.7. The highest BCUT2D eigenvalue weighted by Crippen LogP contribution is 2.65. The molecule has 16 aromatic carbocycles. The van der Waals surface area contributed by atoms with Gasteiger partial charge in [-0.2, -0.15) is 0 Å². The van der Waals surface area contributed by atoms with Gasteiger partial charge in [0.25, 0.3) is 0 Å². The Morgan fingerprint density at radius 2 is 0.247 bits per heavy atom. The molecule has 0 amide bonds. The van der Waals surface area contributed by atoms with E-state index in [0.717, 1.165) is 0 Å². The lowest BCUT2D eigenvalue weighted by Gasteiger charge is -2.32. The number of fused-ring (bicyclic) bond motifs is 10. The Kier molecular flexibility index (Phi) is 14.2. The van der Waals surface area contributed by atoms with E-state index in [0.29, 0.717) is 0 Å². The standard InChI is InChI=1S/C97H64/c1-5-29-65(30-6-1)73-37-13-21-45-81(73)85-49-25-17-41-77(85)69-53-57-89-90-58-54-70(78-42-18-26-50-86(78)82-46-22-14-38-74(82)66-31-7-2-8-32-66)62-94(90)97(93(89)61-69)95-63-71(79-43-19-27-51-87(79)83-47-23-15-39-75(83)67-33-9-3-10-34-67)55-59-91(95)92-60-56-72(64-96(92)97)80-44-20-28-52-88(80)84-48-24-16-40-76(84)68-35-11-4-12-36-68/h1-64H. The van der Waals surface area contributed by atoms with Crippen molar-refractivity contribution in [1.82, 2.24) is 0 Å². The van der Waals surface area contributed by atoms with Crippen LogP contribution in [0.1, 0.15) is 22.3 Å². The van der Waals surface area contributed by atoms with Crippen LogP contribution in [0.3, 0.4) is 0 Å². The minimum atomic E-state index is -0.824. The molecule has 0 heterocycles. The van der Waals surface area contributed by atoms with Gasteiger partial charge in [0.1, 0.15) is 0 Å². The Labute approximate surface area is 568 Å². The highest BCUT2D eigenvalue weighted by molar-refractivity contribution is 6.03. The van der Waals surface area contributed by atoms with E-state index >= 15 is 0 Å². The van der Waals surface area contributed by atoms with Crippen LogP contribution in [0.5, 0.6) is 0 Å². The molecule has 0 heteroatoms. The van der Waals surface area contributed by atoms with Crippen LogP contribution in [-0.4, -0.2) is 0 Å². The fourth-order valence-electron chi connectivity index (χ4n) is 16.1. The zero-order valence-corrected chi connectivity index (χ0v) is 53.5. The average Bonchev–Trinajstić information content (AvgIpc) is 1.50. The molecule has 0 aliphatic heterocycles. The topological polar surface area (TPSA) is 0 Å². The van der Waals surface area contributed by atoms with Crippen molar-refractivity contribution in [3.63, 3.8) is 0 Å². The maximum atomic E-state index is 2.58. The van der Waals surface area contributed by atoms with Crippen molar-refractivity contribution in [3.8, 4) is 156 Å². The van der Waals surface area contributed by atoms with Crippen molar-refractivity contribution in [2.45, 2.75) is 5.41 Å². The lowest BCUT2D eigenvalue weighted by molar-refractivity contribution is 0.795. The highest BCUT2D eigenvalue weighted by Gasteiger charge is 2.52. The summed E-state index contributed by atoms with van der Waals surface area (Å²) >= 11 is 0. The van der Waals surface area contributed by atoms with Crippen molar-refractivity contribution in [1.29, 1.82) is 0 Å². The summed E-state index contributed by atoms with van der Waals surface area (Å²) < 4.78 is 0. The van der Waals surface area contributed by atoms with Crippen molar-refractivity contribution >= 4 is 0 Å². The smallest absolute Gasteiger partial charge is 0.0622 e. The molecule has 2 aliphatic rings. The second-order valence-corrected chi connectivity index (χ2v) is 25.6. The lowest BCUT2D eigenvalue weighted by atomic mass is 9.69. The van der Waals surface area contributed by atoms with Gasteiger partial charge in [-0.3, -0.25) is 0 Å². The van der Waals surface area contributed by atoms with Crippen LogP contribution < -0.4 is 0 Å². The Morgan fingerprint density at radius 3 is 0.423 bits per heavy atom. The maximum Gasteiger partial charge on any atom is 0.0726 e. The molecule has 2 aliphatic carbocycles. The predicted octanol–water partition coefficient (Wildman–Crippen LogP) is 26.0. The average molecular weight is 1230 g/mol. The molecule has 18 rings (SSSR count). The van der Waals surface area contributed by atoms with Gasteiger partial charge in [0.2, 0.25) is 0 Å². The molecule has 0 bridgehead atoms. The summed E-state index contributed by atoms with van der Waals surface area (Å²) in [7, 11) is 0. The summed E-state index contributed by atoms with van der Waals surface area (Å²) in [5, 5.41) is 0. The molecule has 0 nitrogen and oxygen atoms in total. The first kappa shape index (κ1) is 57.2. The maximum absolute atomic E-state index is 2.58. The Morgan fingerprint density at radius 1 is 0.103 bits per heavy atom. The Bertz CT molecular complexity index is 4970. The molecule has 0 fully saturated rings. The van der Waals surface area contributed by atoms with E-state index in [9.17, 15) is 0 Å². The summed E-state index contributed by atoms with van der Waals surface area (Å²) in [6.07, 6.45) is 0. The van der Waals surface area contributed by atoms with Crippen molar-refractivity contribution in [2.75, 3.05) is 0 Å².